The highest BCUT2D eigenvalue weighted by Gasteiger charge is 2.35. The number of carbonyl (C=O) groups is 4. The van der Waals surface area contributed by atoms with E-state index in [1.165, 1.54) is 0 Å². The Morgan fingerprint density at radius 3 is 2.44 bits per heavy atom. The Kier molecular flexibility index (Phi) is 11.7. The fraction of sp³-hybridized carbons (Fsp3) is 0.537. The van der Waals surface area contributed by atoms with Crippen molar-refractivity contribution >= 4 is 46.9 Å². The van der Waals surface area contributed by atoms with Gasteiger partial charge >= 0.3 is 12.1 Å². The number of hydrogen-bond donors (Lipinski definition) is 2. The number of nitrogens with zero attached hydrogens (tertiary/aromatic N) is 10. The molecule has 5 saturated heterocycles. The zero-order valence-electron chi connectivity index (χ0n) is 33.8. The van der Waals surface area contributed by atoms with Gasteiger partial charge in [0.05, 0.1) is 30.2 Å². The Morgan fingerprint density at radius 1 is 0.881 bits per heavy atom. The Bertz CT molecular complexity index is 2080. The van der Waals surface area contributed by atoms with Crippen LogP contribution in [0.3, 0.4) is 0 Å². The predicted molar refractivity (Wildman–Crippen MR) is 220 cm³/mol. The number of piperidine rings is 1. The van der Waals surface area contributed by atoms with Crippen LogP contribution in [0.15, 0.2) is 36.4 Å². The van der Waals surface area contributed by atoms with Crippen molar-refractivity contribution in [3.63, 3.8) is 0 Å². The van der Waals surface area contributed by atoms with Crippen LogP contribution >= 0.6 is 0 Å². The van der Waals surface area contributed by atoms with E-state index in [9.17, 15) is 19.2 Å². The van der Waals surface area contributed by atoms with Gasteiger partial charge in [-0.1, -0.05) is 6.07 Å². The third-order valence-corrected chi connectivity index (χ3v) is 12.4. The Balaban J connectivity index is 0.836. The summed E-state index contributed by atoms with van der Waals surface area (Å²) in [5.74, 6) is 0.179. The number of carbonyl (C=O) groups excluding carboxylic acids is 4. The Hall–Kier alpha value is -5.78. The molecule has 6 heterocycles. The van der Waals surface area contributed by atoms with Crippen LogP contribution in [0.1, 0.15) is 47.4 Å². The molecule has 0 radical (unpaired) electrons. The first kappa shape index (κ1) is 40.0. The SMILES string of the molecule is COc1ccc(N2CCC(CN3CCN(c4ccc(CCc5nc(N6CCC[C@@H](N7CCN(C)C7=O)C6)nnc5C(N)=O)cc4F)CC3)C2)cc1N1CCC(=O)NC1=O. The molecule has 2 aromatic carbocycles. The predicted octanol–water partition coefficient (Wildman–Crippen LogP) is 2.33. The van der Waals surface area contributed by atoms with Crippen molar-refractivity contribution < 1.29 is 28.3 Å². The molecule has 2 atom stereocenters. The lowest BCUT2D eigenvalue weighted by Crippen LogP contribution is -2.49. The second-order valence-corrected chi connectivity index (χ2v) is 16.2. The van der Waals surface area contributed by atoms with Gasteiger partial charge in [-0.25, -0.2) is 19.0 Å². The number of rotatable bonds is 12. The lowest BCUT2D eigenvalue weighted by Gasteiger charge is -2.37. The summed E-state index contributed by atoms with van der Waals surface area (Å²) in [5, 5.41) is 10.8. The normalized spacial score (nSPS) is 21.8. The second-order valence-electron chi connectivity index (χ2n) is 16.2. The molecular formula is C41H53FN12O5. The Labute approximate surface area is 343 Å². The number of hydrogen-bond acceptors (Lipinski definition) is 12. The maximum atomic E-state index is 15.7. The molecule has 8 rings (SSSR count). The van der Waals surface area contributed by atoms with Gasteiger partial charge in [-0.15, -0.1) is 10.2 Å². The lowest BCUT2D eigenvalue weighted by atomic mass is 10.0. The van der Waals surface area contributed by atoms with Crippen molar-refractivity contribution in [1.82, 2.24) is 35.2 Å². The highest BCUT2D eigenvalue weighted by Crippen LogP contribution is 2.36. The number of primary amides is 1. The van der Waals surface area contributed by atoms with Crippen molar-refractivity contribution in [2.75, 3.05) is 112 Å². The number of aromatic nitrogens is 3. The standard InChI is InChI=1S/C41H53FN12O5/c1-48-16-21-53(41(48)58)30-4-3-13-52(26-30)39-44-32(37(38(43)56)46-47-39)8-5-27-6-9-33(31(42)22-27)50-19-17-49(18-20-50)24-28-11-14-51(25-28)29-7-10-35(59-2)34(23-29)54-15-12-36(55)45-40(54)57/h6-7,9-10,22-23,28,30H,3-5,8,11-21,24-26H2,1-2H3,(H2,43,56)(H,45,55,57)/t28?,30-/m1/s1. The van der Waals surface area contributed by atoms with E-state index in [0.717, 1.165) is 63.2 Å². The summed E-state index contributed by atoms with van der Waals surface area (Å²) < 4.78 is 21.3. The summed E-state index contributed by atoms with van der Waals surface area (Å²) in [6.45, 7) is 8.81. The number of methoxy groups -OCH3 is 1. The van der Waals surface area contributed by atoms with E-state index in [2.05, 4.69) is 30.2 Å². The molecule has 18 heteroatoms. The van der Waals surface area contributed by atoms with E-state index in [0.29, 0.717) is 93.3 Å². The van der Waals surface area contributed by atoms with Crippen molar-refractivity contribution in [2.45, 2.75) is 44.6 Å². The molecule has 1 aromatic heterocycles. The van der Waals surface area contributed by atoms with Crippen LogP contribution < -0.4 is 35.4 Å². The van der Waals surface area contributed by atoms with Crippen molar-refractivity contribution in [1.29, 1.82) is 0 Å². The number of ether oxygens (including phenoxy) is 1. The molecule has 5 aliphatic rings. The summed E-state index contributed by atoms with van der Waals surface area (Å²) in [6.07, 6.45) is 3.82. The number of nitrogens with two attached hydrogens (primary N) is 1. The number of amides is 6. The molecule has 3 aromatic rings. The monoisotopic (exact) mass is 812 g/mol. The van der Waals surface area contributed by atoms with Gasteiger partial charge in [0.1, 0.15) is 11.6 Å². The highest BCUT2D eigenvalue weighted by atomic mass is 19.1. The third kappa shape index (κ3) is 8.67. The number of halogens is 1. The topological polar surface area (TPSA) is 177 Å². The van der Waals surface area contributed by atoms with Crippen LogP contribution in [-0.4, -0.2) is 152 Å². The summed E-state index contributed by atoms with van der Waals surface area (Å²) in [7, 11) is 3.39. The summed E-state index contributed by atoms with van der Waals surface area (Å²) in [4.78, 5) is 68.1. The number of imide groups is 1. The zero-order chi connectivity index (χ0) is 41.2. The van der Waals surface area contributed by atoms with E-state index in [1.807, 2.05) is 47.2 Å². The van der Waals surface area contributed by atoms with Gasteiger partial charge in [-0.3, -0.25) is 24.7 Å². The molecule has 0 spiro atoms. The largest absolute Gasteiger partial charge is 0.495 e. The minimum Gasteiger partial charge on any atom is -0.495 e. The number of urea groups is 2. The van der Waals surface area contributed by atoms with E-state index < -0.39 is 11.9 Å². The molecule has 0 aliphatic carbocycles. The van der Waals surface area contributed by atoms with Crippen LogP contribution in [0, 0.1) is 11.7 Å². The molecular weight excluding hydrogens is 760 g/mol. The van der Waals surface area contributed by atoms with Crippen LogP contribution in [0.2, 0.25) is 0 Å². The molecule has 314 valence electrons. The van der Waals surface area contributed by atoms with Crippen LogP contribution in [-0.2, 0) is 17.6 Å². The first-order valence-electron chi connectivity index (χ1n) is 20.6. The number of nitrogens with one attached hydrogen (secondary N) is 1. The van der Waals surface area contributed by atoms with E-state index in [-0.39, 0.29) is 35.9 Å². The molecule has 59 heavy (non-hydrogen) atoms. The zero-order valence-corrected chi connectivity index (χ0v) is 33.8. The third-order valence-electron chi connectivity index (χ3n) is 12.4. The minimum absolute atomic E-state index is 0.0109. The van der Waals surface area contributed by atoms with E-state index >= 15 is 4.39 Å². The van der Waals surface area contributed by atoms with E-state index in [4.69, 9.17) is 15.5 Å². The first-order chi connectivity index (χ1) is 28.5. The quantitative estimate of drug-likeness (QED) is 0.274. The van der Waals surface area contributed by atoms with Gasteiger partial charge in [-0.05, 0) is 73.9 Å². The first-order valence-corrected chi connectivity index (χ1v) is 20.6. The van der Waals surface area contributed by atoms with Gasteiger partial charge in [0.15, 0.2) is 5.69 Å². The minimum atomic E-state index is -0.712. The average molecular weight is 813 g/mol. The van der Waals surface area contributed by atoms with Crippen molar-refractivity contribution in [2.24, 2.45) is 11.7 Å². The maximum absolute atomic E-state index is 15.7. The van der Waals surface area contributed by atoms with Crippen LogP contribution in [0.4, 0.5) is 37.0 Å². The molecule has 0 saturated carbocycles. The molecule has 5 aliphatic heterocycles. The summed E-state index contributed by atoms with van der Waals surface area (Å²) >= 11 is 0. The molecule has 3 N–H and O–H groups in total. The fourth-order valence-electron chi connectivity index (χ4n) is 9.10. The molecule has 1 unspecified atom stereocenters. The van der Waals surface area contributed by atoms with Crippen LogP contribution in [0.5, 0.6) is 5.75 Å². The molecule has 17 nitrogen and oxygen atoms in total. The number of benzene rings is 2. The molecule has 6 amide bonds. The second kappa shape index (κ2) is 17.2. The fourth-order valence-corrected chi connectivity index (χ4v) is 9.10. The van der Waals surface area contributed by atoms with Gasteiger partial charge in [0, 0.05) is 97.7 Å². The molecule has 0 bridgehead atoms. The van der Waals surface area contributed by atoms with Crippen LogP contribution in [0.25, 0.3) is 0 Å². The number of piperazine rings is 1. The van der Waals surface area contributed by atoms with Gasteiger partial charge in [0.25, 0.3) is 5.91 Å². The van der Waals surface area contributed by atoms with Crippen molar-refractivity contribution in [3.8, 4) is 5.75 Å². The number of aryl methyl sites for hydroxylation is 2. The van der Waals surface area contributed by atoms with E-state index in [1.54, 1.807) is 23.0 Å². The lowest BCUT2D eigenvalue weighted by molar-refractivity contribution is -0.120. The summed E-state index contributed by atoms with van der Waals surface area (Å²) in [6, 6.07) is 10.8. The van der Waals surface area contributed by atoms with Gasteiger partial charge < -0.3 is 35.0 Å². The number of anilines is 4. The number of likely N-dealkylation sites (N-methyl/N-ethyl adjacent to an activating group) is 1. The average Bonchev–Trinajstić information content (AvgIpc) is 3.85. The van der Waals surface area contributed by atoms with Gasteiger partial charge in [0.2, 0.25) is 11.9 Å². The summed E-state index contributed by atoms with van der Waals surface area (Å²) in [5.41, 5.74) is 9.12. The van der Waals surface area contributed by atoms with Gasteiger partial charge in [-0.2, -0.15) is 0 Å². The molecule has 5 fully saturated rings. The Morgan fingerprint density at radius 2 is 1.71 bits per heavy atom. The smallest absolute Gasteiger partial charge is 0.328 e. The highest BCUT2D eigenvalue weighted by molar-refractivity contribution is 6.06. The van der Waals surface area contributed by atoms with Crippen molar-refractivity contribution in [3.05, 3.63) is 59.2 Å². The maximum Gasteiger partial charge on any atom is 0.328 e.